The van der Waals surface area contributed by atoms with E-state index in [1.165, 1.54) is 4.68 Å². The molecule has 0 saturated heterocycles. The highest BCUT2D eigenvalue weighted by atomic mass is 16.5. The minimum Gasteiger partial charge on any atom is -0.466 e. The van der Waals surface area contributed by atoms with Crippen molar-refractivity contribution in [3.63, 3.8) is 0 Å². The molecule has 0 radical (unpaired) electrons. The van der Waals surface area contributed by atoms with E-state index >= 15 is 0 Å². The molecular formula is C15H24N4O4. The number of fused-ring (bicyclic) bond motifs is 1. The summed E-state index contributed by atoms with van der Waals surface area (Å²) < 4.78 is 7.70. The van der Waals surface area contributed by atoms with Gasteiger partial charge in [0.05, 0.1) is 6.61 Å². The summed E-state index contributed by atoms with van der Waals surface area (Å²) in [6.07, 6.45) is 4.66. The van der Waals surface area contributed by atoms with Crippen molar-refractivity contribution in [1.82, 2.24) is 19.7 Å². The van der Waals surface area contributed by atoms with E-state index in [0.717, 1.165) is 31.5 Å². The van der Waals surface area contributed by atoms with E-state index in [1.54, 1.807) is 11.5 Å². The molecule has 0 unspecified atom stereocenters. The minimum atomic E-state index is -0.274. The van der Waals surface area contributed by atoms with Crippen LogP contribution in [0.25, 0.3) is 0 Å². The Morgan fingerprint density at radius 3 is 2.91 bits per heavy atom. The number of amides is 1. The highest BCUT2D eigenvalue weighted by molar-refractivity contribution is 5.75. The smallest absolute Gasteiger partial charge is 0.346 e. The lowest BCUT2D eigenvalue weighted by Gasteiger charge is -2.05. The van der Waals surface area contributed by atoms with E-state index in [1.807, 2.05) is 0 Å². The Labute approximate surface area is 134 Å². The number of esters is 1. The number of carbonyl (C=O) groups is 2. The van der Waals surface area contributed by atoms with Crippen molar-refractivity contribution >= 4 is 11.9 Å². The molecule has 1 aromatic rings. The highest BCUT2D eigenvalue weighted by Crippen LogP contribution is 2.10. The number of aryl methyl sites for hydroxylation is 1. The van der Waals surface area contributed by atoms with E-state index in [9.17, 15) is 14.4 Å². The maximum atomic E-state index is 12.2. The molecule has 1 aliphatic rings. The zero-order valence-electron chi connectivity index (χ0n) is 13.5. The van der Waals surface area contributed by atoms with Crippen molar-refractivity contribution in [2.24, 2.45) is 0 Å². The van der Waals surface area contributed by atoms with Gasteiger partial charge in [-0.15, -0.1) is 0 Å². The molecule has 0 aliphatic carbocycles. The summed E-state index contributed by atoms with van der Waals surface area (Å²) in [5.74, 6) is 0.225. The molecule has 128 valence electrons. The summed E-state index contributed by atoms with van der Waals surface area (Å²) in [7, 11) is 0. The second kappa shape index (κ2) is 8.50. The first-order valence-corrected chi connectivity index (χ1v) is 8.20. The van der Waals surface area contributed by atoms with Crippen LogP contribution in [0, 0.1) is 0 Å². The first kappa shape index (κ1) is 17.2. The van der Waals surface area contributed by atoms with Gasteiger partial charge in [-0.25, -0.2) is 9.48 Å². The van der Waals surface area contributed by atoms with E-state index in [2.05, 4.69) is 10.4 Å². The number of hydrogen-bond donors (Lipinski definition) is 1. The molecule has 2 heterocycles. The first-order chi connectivity index (χ1) is 11.1. The normalized spacial score (nSPS) is 14.0. The SMILES string of the molecule is CCOC(=O)CCCNC(=O)Cn1nc2n(c1=O)CCCCC2. The number of carbonyl (C=O) groups excluding carboxylic acids is 2. The Kier molecular flexibility index (Phi) is 6.37. The van der Waals surface area contributed by atoms with Crippen molar-refractivity contribution in [3.8, 4) is 0 Å². The number of rotatable bonds is 7. The highest BCUT2D eigenvalue weighted by Gasteiger charge is 2.17. The number of hydrogen-bond acceptors (Lipinski definition) is 5. The van der Waals surface area contributed by atoms with E-state index in [-0.39, 0.29) is 30.5 Å². The molecule has 0 aromatic carbocycles. The van der Waals surface area contributed by atoms with Crippen molar-refractivity contribution in [3.05, 3.63) is 16.3 Å². The van der Waals surface area contributed by atoms with Crippen molar-refractivity contribution in [1.29, 1.82) is 0 Å². The van der Waals surface area contributed by atoms with E-state index in [0.29, 0.717) is 26.1 Å². The zero-order valence-corrected chi connectivity index (χ0v) is 13.5. The molecule has 8 heteroatoms. The quantitative estimate of drug-likeness (QED) is 0.572. The van der Waals surface area contributed by atoms with Crippen LogP contribution in [0.5, 0.6) is 0 Å². The Balaban J connectivity index is 1.79. The van der Waals surface area contributed by atoms with Crippen molar-refractivity contribution in [2.45, 2.75) is 58.5 Å². The molecule has 0 saturated carbocycles. The van der Waals surface area contributed by atoms with Crippen LogP contribution < -0.4 is 11.0 Å². The molecule has 1 N–H and O–H groups in total. The summed E-state index contributed by atoms with van der Waals surface area (Å²) >= 11 is 0. The molecule has 0 bridgehead atoms. The summed E-state index contributed by atoms with van der Waals surface area (Å²) in [4.78, 5) is 35.3. The summed E-state index contributed by atoms with van der Waals surface area (Å²) in [6.45, 7) is 3.08. The van der Waals surface area contributed by atoms with Crippen LogP contribution in [0.2, 0.25) is 0 Å². The second-order valence-electron chi connectivity index (χ2n) is 5.58. The van der Waals surface area contributed by atoms with Crippen molar-refractivity contribution in [2.75, 3.05) is 13.2 Å². The third-order valence-electron chi connectivity index (χ3n) is 3.76. The number of nitrogens with zero attached hydrogens (tertiary/aromatic N) is 3. The number of ether oxygens (including phenoxy) is 1. The van der Waals surface area contributed by atoms with Gasteiger partial charge in [-0.1, -0.05) is 6.42 Å². The van der Waals surface area contributed by atoms with Gasteiger partial charge in [-0.05, 0) is 26.2 Å². The van der Waals surface area contributed by atoms with Gasteiger partial charge in [0.25, 0.3) is 0 Å². The molecule has 0 atom stereocenters. The Hall–Kier alpha value is -2.12. The van der Waals surface area contributed by atoms with Crippen LogP contribution in [0.1, 0.15) is 44.9 Å². The van der Waals surface area contributed by atoms with Crippen LogP contribution in [-0.2, 0) is 33.8 Å². The summed E-state index contributed by atoms with van der Waals surface area (Å²) in [5, 5.41) is 6.96. The lowest BCUT2D eigenvalue weighted by atomic mass is 10.2. The van der Waals surface area contributed by atoms with Crippen LogP contribution in [0.3, 0.4) is 0 Å². The van der Waals surface area contributed by atoms with Crippen LogP contribution in [0.4, 0.5) is 0 Å². The van der Waals surface area contributed by atoms with E-state index < -0.39 is 0 Å². The Morgan fingerprint density at radius 2 is 2.13 bits per heavy atom. The van der Waals surface area contributed by atoms with Gasteiger partial charge in [0.2, 0.25) is 5.91 Å². The maximum absolute atomic E-state index is 12.2. The fraction of sp³-hybridized carbons (Fsp3) is 0.733. The third-order valence-corrected chi connectivity index (χ3v) is 3.76. The molecule has 0 fully saturated rings. The van der Waals surface area contributed by atoms with Crippen LogP contribution in [0.15, 0.2) is 4.79 Å². The fourth-order valence-electron chi connectivity index (χ4n) is 2.61. The first-order valence-electron chi connectivity index (χ1n) is 8.20. The minimum absolute atomic E-state index is 0.0851. The molecule has 1 aromatic heterocycles. The van der Waals surface area contributed by atoms with Gasteiger partial charge in [0.15, 0.2) is 0 Å². The number of aromatic nitrogens is 3. The monoisotopic (exact) mass is 324 g/mol. The van der Waals surface area contributed by atoms with Gasteiger partial charge < -0.3 is 10.1 Å². The lowest BCUT2D eigenvalue weighted by molar-refractivity contribution is -0.143. The topological polar surface area (TPSA) is 95.2 Å². The zero-order chi connectivity index (χ0) is 16.7. The lowest BCUT2D eigenvalue weighted by Crippen LogP contribution is -2.34. The molecule has 2 rings (SSSR count). The van der Waals surface area contributed by atoms with Gasteiger partial charge in [-0.2, -0.15) is 5.10 Å². The second-order valence-corrected chi connectivity index (χ2v) is 5.58. The van der Waals surface area contributed by atoms with Crippen LogP contribution in [-0.4, -0.2) is 39.4 Å². The van der Waals surface area contributed by atoms with Crippen LogP contribution >= 0.6 is 0 Å². The molecule has 1 amide bonds. The largest absolute Gasteiger partial charge is 0.466 e. The Bertz CT molecular complexity index is 605. The average Bonchev–Trinajstić information content (AvgIpc) is 2.69. The number of nitrogens with one attached hydrogen (secondary N) is 1. The fourth-order valence-corrected chi connectivity index (χ4v) is 2.61. The van der Waals surface area contributed by atoms with Gasteiger partial charge in [0, 0.05) is 25.9 Å². The Morgan fingerprint density at radius 1 is 1.30 bits per heavy atom. The predicted molar refractivity (Wildman–Crippen MR) is 82.9 cm³/mol. The third kappa shape index (κ3) is 4.94. The maximum Gasteiger partial charge on any atom is 0.346 e. The molecular weight excluding hydrogens is 300 g/mol. The molecule has 1 aliphatic heterocycles. The standard InChI is InChI=1S/C15H24N4O4/c1-2-23-14(21)8-6-9-16-13(20)11-19-15(22)18-10-5-3-4-7-12(18)17-19/h2-11H2,1H3,(H,16,20). The van der Waals surface area contributed by atoms with E-state index in [4.69, 9.17) is 4.74 Å². The predicted octanol–water partition coefficient (Wildman–Crippen LogP) is 0.231. The summed E-state index contributed by atoms with van der Waals surface area (Å²) in [5.41, 5.74) is -0.219. The van der Waals surface area contributed by atoms with Crippen molar-refractivity contribution < 1.29 is 14.3 Å². The molecule has 0 spiro atoms. The summed E-state index contributed by atoms with van der Waals surface area (Å²) in [6, 6.07) is 0. The van der Waals surface area contributed by atoms with Gasteiger partial charge in [-0.3, -0.25) is 14.2 Å². The average molecular weight is 324 g/mol. The van der Waals surface area contributed by atoms with Gasteiger partial charge >= 0.3 is 11.7 Å². The molecule has 23 heavy (non-hydrogen) atoms. The van der Waals surface area contributed by atoms with Gasteiger partial charge in [0.1, 0.15) is 12.4 Å². The molecule has 8 nitrogen and oxygen atoms in total.